The van der Waals surface area contributed by atoms with Crippen molar-refractivity contribution >= 4 is 11.9 Å². The van der Waals surface area contributed by atoms with Crippen LogP contribution in [0.1, 0.15) is 33.1 Å². The van der Waals surface area contributed by atoms with Crippen LogP contribution in [0, 0.1) is 5.92 Å². The molecular weight excluding hydrogens is 210 g/mol. The number of aliphatic hydroxyl groups excluding tert-OH is 1. The van der Waals surface area contributed by atoms with Crippen LogP contribution in [-0.2, 0) is 9.59 Å². The third kappa shape index (κ3) is 7.23. The van der Waals surface area contributed by atoms with Gasteiger partial charge < -0.3 is 15.1 Å². The third-order valence-corrected chi connectivity index (χ3v) is 2.12. The maximum absolute atomic E-state index is 11.7. The summed E-state index contributed by atoms with van der Waals surface area (Å²) in [6.07, 6.45) is 0.865. The second-order valence-corrected chi connectivity index (χ2v) is 4.20. The molecule has 0 saturated heterocycles. The standard InChI is InChI=1S/C11H21NO4/c1-9(2)8-10(14)12(5-3-7-13)6-4-11(15)16/h9,13H,3-8H2,1-2H3,(H,15,16). The molecule has 0 saturated carbocycles. The molecule has 5 nitrogen and oxygen atoms in total. The van der Waals surface area contributed by atoms with E-state index < -0.39 is 5.97 Å². The molecule has 0 unspecified atom stereocenters. The van der Waals surface area contributed by atoms with Crippen LogP contribution in [0.25, 0.3) is 0 Å². The number of carbonyl (C=O) groups excluding carboxylic acids is 1. The van der Waals surface area contributed by atoms with E-state index in [-0.39, 0.29) is 31.4 Å². The van der Waals surface area contributed by atoms with Gasteiger partial charge in [0.15, 0.2) is 0 Å². The molecular formula is C11H21NO4. The summed E-state index contributed by atoms with van der Waals surface area (Å²) in [7, 11) is 0. The number of hydrogen-bond acceptors (Lipinski definition) is 3. The topological polar surface area (TPSA) is 77.8 Å². The lowest BCUT2D eigenvalue weighted by molar-refractivity contribution is -0.138. The van der Waals surface area contributed by atoms with Gasteiger partial charge in [-0.2, -0.15) is 0 Å². The zero-order valence-corrected chi connectivity index (χ0v) is 9.98. The first-order chi connectivity index (χ1) is 7.47. The lowest BCUT2D eigenvalue weighted by Crippen LogP contribution is -2.34. The monoisotopic (exact) mass is 231 g/mol. The summed E-state index contributed by atoms with van der Waals surface area (Å²) in [4.78, 5) is 23.7. The summed E-state index contributed by atoms with van der Waals surface area (Å²) in [5, 5.41) is 17.3. The number of aliphatic hydroxyl groups is 1. The van der Waals surface area contributed by atoms with Crippen LogP contribution in [0.15, 0.2) is 0 Å². The predicted octanol–water partition coefficient (Wildman–Crippen LogP) is 0.718. The highest BCUT2D eigenvalue weighted by Crippen LogP contribution is 2.05. The Kier molecular flexibility index (Phi) is 7.54. The number of hydrogen-bond donors (Lipinski definition) is 2. The number of amides is 1. The SMILES string of the molecule is CC(C)CC(=O)N(CCCO)CCC(=O)O. The molecule has 0 atom stereocenters. The number of carboxylic acids is 1. The lowest BCUT2D eigenvalue weighted by Gasteiger charge is -2.22. The molecule has 0 rings (SSSR count). The molecule has 0 spiro atoms. The van der Waals surface area contributed by atoms with Gasteiger partial charge in [-0.3, -0.25) is 9.59 Å². The summed E-state index contributed by atoms with van der Waals surface area (Å²) in [5.41, 5.74) is 0. The quantitative estimate of drug-likeness (QED) is 0.645. The van der Waals surface area contributed by atoms with Crippen LogP contribution in [-0.4, -0.2) is 46.7 Å². The Hall–Kier alpha value is -1.10. The summed E-state index contributed by atoms with van der Waals surface area (Å²) in [6, 6.07) is 0. The number of carbonyl (C=O) groups is 2. The Morgan fingerprint density at radius 3 is 2.31 bits per heavy atom. The molecule has 0 fully saturated rings. The van der Waals surface area contributed by atoms with E-state index in [0.29, 0.717) is 19.4 Å². The van der Waals surface area contributed by atoms with Crippen molar-refractivity contribution in [2.24, 2.45) is 5.92 Å². The Balaban J connectivity index is 4.17. The molecule has 0 aliphatic carbocycles. The molecule has 2 N–H and O–H groups in total. The first-order valence-corrected chi connectivity index (χ1v) is 5.57. The van der Waals surface area contributed by atoms with E-state index in [2.05, 4.69) is 0 Å². The molecule has 94 valence electrons. The molecule has 5 heteroatoms. The Morgan fingerprint density at radius 1 is 1.25 bits per heavy atom. The highest BCUT2D eigenvalue weighted by molar-refractivity contribution is 5.77. The van der Waals surface area contributed by atoms with Gasteiger partial charge in [0.2, 0.25) is 5.91 Å². The van der Waals surface area contributed by atoms with Gasteiger partial charge in [-0.1, -0.05) is 13.8 Å². The highest BCUT2D eigenvalue weighted by atomic mass is 16.4. The normalized spacial score (nSPS) is 10.5. The van der Waals surface area contributed by atoms with Crippen molar-refractivity contribution in [1.82, 2.24) is 4.90 Å². The molecule has 0 aliphatic rings. The van der Waals surface area contributed by atoms with Gasteiger partial charge >= 0.3 is 5.97 Å². The Morgan fingerprint density at radius 2 is 1.88 bits per heavy atom. The molecule has 0 aromatic carbocycles. The van der Waals surface area contributed by atoms with Crippen molar-refractivity contribution in [3.63, 3.8) is 0 Å². The van der Waals surface area contributed by atoms with Gasteiger partial charge in [-0.15, -0.1) is 0 Å². The molecule has 0 heterocycles. The average molecular weight is 231 g/mol. The van der Waals surface area contributed by atoms with Crippen molar-refractivity contribution in [2.75, 3.05) is 19.7 Å². The zero-order chi connectivity index (χ0) is 12.6. The molecule has 0 aromatic rings. The first kappa shape index (κ1) is 14.9. The van der Waals surface area contributed by atoms with Gasteiger partial charge in [0.1, 0.15) is 0 Å². The minimum absolute atomic E-state index is 0.0124. The van der Waals surface area contributed by atoms with E-state index in [1.54, 1.807) is 0 Å². The summed E-state index contributed by atoms with van der Waals surface area (Å²) >= 11 is 0. The zero-order valence-electron chi connectivity index (χ0n) is 9.98. The fourth-order valence-electron chi connectivity index (χ4n) is 1.33. The van der Waals surface area contributed by atoms with Crippen LogP contribution in [0.3, 0.4) is 0 Å². The second-order valence-electron chi connectivity index (χ2n) is 4.20. The first-order valence-electron chi connectivity index (χ1n) is 5.57. The van der Waals surface area contributed by atoms with E-state index in [1.807, 2.05) is 13.8 Å². The number of rotatable bonds is 8. The minimum Gasteiger partial charge on any atom is -0.481 e. The lowest BCUT2D eigenvalue weighted by atomic mass is 10.1. The van der Waals surface area contributed by atoms with E-state index >= 15 is 0 Å². The summed E-state index contributed by atoms with van der Waals surface area (Å²) in [6.45, 7) is 4.55. The smallest absolute Gasteiger partial charge is 0.305 e. The van der Waals surface area contributed by atoms with Gasteiger partial charge in [0, 0.05) is 26.1 Å². The number of carboxylic acid groups (broad SMARTS) is 1. The van der Waals surface area contributed by atoms with E-state index in [1.165, 1.54) is 4.90 Å². The van der Waals surface area contributed by atoms with Gasteiger partial charge in [-0.05, 0) is 12.3 Å². The van der Waals surface area contributed by atoms with Crippen LogP contribution >= 0.6 is 0 Å². The maximum atomic E-state index is 11.7. The average Bonchev–Trinajstić information content (AvgIpc) is 2.16. The van der Waals surface area contributed by atoms with Crippen molar-refractivity contribution < 1.29 is 19.8 Å². The molecule has 0 aliphatic heterocycles. The summed E-state index contributed by atoms with van der Waals surface area (Å²) in [5.74, 6) is -0.690. The van der Waals surface area contributed by atoms with E-state index in [9.17, 15) is 9.59 Å². The molecule has 16 heavy (non-hydrogen) atoms. The van der Waals surface area contributed by atoms with Gasteiger partial charge in [0.25, 0.3) is 0 Å². The largest absolute Gasteiger partial charge is 0.481 e. The van der Waals surface area contributed by atoms with Crippen LogP contribution < -0.4 is 0 Å². The van der Waals surface area contributed by atoms with Gasteiger partial charge in [-0.25, -0.2) is 0 Å². The van der Waals surface area contributed by atoms with Crippen LogP contribution in [0.2, 0.25) is 0 Å². The van der Waals surface area contributed by atoms with E-state index in [4.69, 9.17) is 10.2 Å². The summed E-state index contributed by atoms with van der Waals surface area (Å²) < 4.78 is 0. The highest BCUT2D eigenvalue weighted by Gasteiger charge is 2.15. The third-order valence-electron chi connectivity index (χ3n) is 2.12. The van der Waals surface area contributed by atoms with Crippen molar-refractivity contribution in [3.05, 3.63) is 0 Å². The number of nitrogens with zero attached hydrogens (tertiary/aromatic N) is 1. The number of aliphatic carboxylic acids is 1. The predicted molar refractivity (Wildman–Crippen MR) is 60.0 cm³/mol. The van der Waals surface area contributed by atoms with Crippen LogP contribution in [0.5, 0.6) is 0 Å². The Labute approximate surface area is 96.1 Å². The van der Waals surface area contributed by atoms with Crippen molar-refractivity contribution in [3.8, 4) is 0 Å². The molecule has 1 amide bonds. The Bertz CT molecular complexity index is 228. The molecule has 0 radical (unpaired) electrons. The van der Waals surface area contributed by atoms with Crippen LogP contribution in [0.4, 0.5) is 0 Å². The van der Waals surface area contributed by atoms with Gasteiger partial charge in [0.05, 0.1) is 6.42 Å². The fourth-order valence-corrected chi connectivity index (χ4v) is 1.33. The fraction of sp³-hybridized carbons (Fsp3) is 0.818. The minimum atomic E-state index is -0.911. The van der Waals surface area contributed by atoms with Crippen molar-refractivity contribution in [1.29, 1.82) is 0 Å². The second kappa shape index (κ2) is 8.10. The molecule has 0 aromatic heterocycles. The van der Waals surface area contributed by atoms with Crippen molar-refractivity contribution in [2.45, 2.75) is 33.1 Å². The molecule has 0 bridgehead atoms. The maximum Gasteiger partial charge on any atom is 0.305 e. The van der Waals surface area contributed by atoms with E-state index in [0.717, 1.165) is 0 Å².